The van der Waals surface area contributed by atoms with Crippen molar-refractivity contribution in [1.82, 2.24) is 0 Å². The molecular formula is C20H25NO5. The van der Waals surface area contributed by atoms with Crippen molar-refractivity contribution < 1.29 is 23.8 Å². The molecular weight excluding hydrogens is 334 g/mol. The molecule has 0 saturated heterocycles. The molecule has 1 aromatic carbocycles. The maximum Gasteiger partial charge on any atom is 0.344 e. The van der Waals surface area contributed by atoms with E-state index >= 15 is 0 Å². The van der Waals surface area contributed by atoms with E-state index in [2.05, 4.69) is 4.99 Å². The van der Waals surface area contributed by atoms with Gasteiger partial charge in [-0.05, 0) is 44.9 Å². The van der Waals surface area contributed by atoms with Gasteiger partial charge in [0, 0.05) is 6.42 Å². The number of carbonyl (C=O) groups excluding carboxylic acids is 2. The number of hydrogen-bond donors (Lipinski definition) is 0. The van der Waals surface area contributed by atoms with Crippen molar-refractivity contribution in [2.45, 2.75) is 40.5 Å². The molecule has 0 radical (unpaired) electrons. The van der Waals surface area contributed by atoms with Crippen LogP contribution in [-0.2, 0) is 20.7 Å². The topological polar surface area (TPSA) is 74.2 Å². The zero-order valence-electron chi connectivity index (χ0n) is 15.8. The molecule has 0 N–H and O–H groups in total. The molecule has 1 heterocycles. The van der Waals surface area contributed by atoms with Crippen molar-refractivity contribution in [2.24, 2.45) is 4.99 Å². The molecule has 0 aromatic heterocycles. The molecule has 0 bridgehead atoms. The van der Waals surface area contributed by atoms with E-state index in [-0.39, 0.29) is 18.0 Å². The van der Waals surface area contributed by atoms with Crippen molar-refractivity contribution in [3.63, 3.8) is 0 Å². The number of rotatable bonds is 9. The monoisotopic (exact) mass is 359 g/mol. The van der Waals surface area contributed by atoms with E-state index < -0.39 is 5.97 Å². The molecule has 0 unspecified atom stereocenters. The second-order valence-electron chi connectivity index (χ2n) is 5.81. The highest BCUT2D eigenvalue weighted by molar-refractivity contribution is 6.53. The van der Waals surface area contributed by atoms with Crippen molar-refractivity contribution in [3.8, 4) is 11.5 Å². The lowest BCUT2D eigenvalue weighted by molar-refractivity contribution is -0.139. The Morgan fingerprint density at radius 2 is 1.85 bits per heavy atom. The first-order valence-electron chi connectivity index (χ1n) is 8.90. The molecule has 0 fully saturated rings. The van der Waals surface area contributed by atoms with Gasteiger partial charge in [0.1, 0.15) is 5.57 Å². The lowest BCUT2D eigenvalue weighted by atomic mass is 10.0. The van der Waals surface area contributed by atoms with Gasteiger partial charge in [0.15, 0.2) is 11.5 Å². The second kappa shape index (κ2) is 9.17. The van der Waals surface area contributed by atoms with Gasteiger partial charge in [-0.15, -0.1) is 0 Å². The summed E-state index contributed by atoms with van der Waals surface area (Å²) in [7, 11) is 0. The molecule has 6 nitrogen and oxygen atoms in total. The number of allylic oxidation sites excluding steroid dienone is 1. The van der Waals surface area contributed by atoms with Crippen LogP contribution in [0.3, 0.4) is 0 Å². The fraction of sp³-hybridized carbons (Fsp3) is 0.450. The van der Waals surface area contributed by atoms with Gasteiger partial charge in [-0.2, -0.15) is 0 Å². The van der Waals surface area contributed by atoms with Crippen LogP contribution in [0.25, 0.3) is 0 Å². The largest absolute Gasteiger partial charge is 0.490 e. The third-order valence-corrected chi connectivity index (χ3v) is 3.77. The first-order valence-corrected chi connectivity index (χ1v) is 8.90. The van der Waals surface area contributed by atoms with Crippen LogP contribution < -0.4 is 9.47 Å². The molecule has 0 aliphatic carbocycles. The van der Waals surface area contributed by atoms with E-state index in [1.807, 2.05) is 32.0 Å². The summed E-state index contributed by atoms with van der Waals surface area (Å²) in [6.45, 7) is 8.62. The van der Waals surface area contributed by atoms with Crippen LogP contribution in [0, 0.1) is 0 Å². The predicted octanol–water partition coefficient (Wildman–Crippen LogP) is 3.28. The van der Waals surface area contributed by atoms with E-state index in [1.54, 1.807) is 13.8 Å². The highest BCUT2D eigenvalue weighted by Gasteiger charge is 2.31. The second-order valence-corrected chi connectivity index (χ2v) is 5.81. The summed E-state index contributed by atoms with van der Waals surface area (Å²) in [5, 5.41) is 0. The summed E-state index contributed by atoms with van der Waals surface area (Å²) in [5.74, 6) is 0.329. The van der Waals surface area contributed by atoms with Crippen molar-refractivity contribution >= 4 is 17.5 Å². The summed E-state index contributed by atoms with van der Waals surface area (Å²) in [6.07, 6.45) is 1.22. The Morgan fingerprint density at radius 1 is 1.08 bits per heavy atom. The average molecular weight is 359 g/mol. The predicted molar refractivity (Wildman–Crippen MR) is 98.9 cm³/mol. The summed E-state index contributed by atoms with van der Waals surface area (Å²) >= 11 is 0. The Kier molecular flexibility index (Phi) is 6.95. The van der Waals surface area contributed by atoms with E-state index in [0.29, 0.717) is 42.5 Å². The van der Waals surface area contributed by atoms with Crippen LogP contribution >= 0.6 is 0 Å². The number of hydrogen-bond acceptors (Lipinski definition) is 6. The smallest absolute Gasteiger partial charge is 0.344 e. The van der Waals surface area contributed by atoms with Crippen LogP contribution in [0.4, 0.5) is 0 Å². The number of benzene rings is 1. The summed E-state index contributed by atoms with van der Waals surface area (Å²) in [6, 6.07) is 5.56. The van der Waals surface area contributed by atoms with E-state index in [4.69, 9.17) is 14.2 Å². The number of carbonyl (C=O) groups is 2. The molecule has 1 aliphatic heterocycles. The van der Waals surface area contributed by atoms with Crippen LogP contribution in [0.15, 0.2) is 34.5 Å². The zero-order chi connectivity index (χ0) is 19.1. The number of nitrogens with zero attached hydrogens (tertiary/aromatic N) is 1. The molecule has 140 valence electrons. The van der Waals surface area contributed by atoms with Gasteiger partial charge < -0.3 is 14.2 Å². The minimum Gasteiger partial charge on any atom is -0.490 e. The standard InChI is InChI=1S/C20H25NO5/c1-5-10-26-16-9-8-14(12-17(16)24-6-2)11-15-19(22)18(13(4)21-15)20(23)25-7-3/h8-9,12H,5-7,10-11H2,1-4H3. The average Bonchev–Trinajstić information content (AvgIpc) is 2.88. The Hall–Kier alpha value is -2.63. The van der Waals surface area contributed by atoms with Gasteiger partial charge >= 0.3 is 5.97 Å². The van der Waals surface area contributed by atoms with Gasteiger partial charge in [0.2, 0.25) is 5.78 Å². The first kappa shape index (κ1) is 19.7. The van der Waals surface area contributed by atoms with Crippen LogP contribution in [0.1, 0.15) is 39.7 Å². The van der Waals surface area contributed by atoms with E-state index in [1.165, 1.54) is 0 Å². The Bertz CT molecular complexity index is 749. The van der Waals surface area contributed by atoms with Crippen molar-refractivity contribution in [1.29, 1.82) is 0 Å². The molecule has 2 rings (SSSR count). The highest BCUT2D eigenvalue weighted by atomic mass is 16.5. The fourth-order valence-corrected chi connectivity index (χ4v) is 2.64. The molecule has 1 aromatic rings. The fourth-order valence-electron chi connectivity index (χ4n) is 2.64. The number of ether oxygens (including phenoxy) is 3. The van der Waals surface area contributed by atoms with Crippen molar-refractivity contribution in [2.75, 3.05) is 19.8 Å². The van der Waals surface area contributed by atoms with Gasteiger partial charge in [0.05, 0.1) is 31.2 Å². The lowest BCUT2D eigenvalue weighted by Crippen LogP contribution is -2.21. The minimum absolute atomic E-state index is 0.0229. The quantitative estimate of drug-likeness (QED) is 0.500. The SMILES string of the molecule is CCCOc1ccc(CC2=NC(C)=C(C(=O)OCC)C2=O)cc1OCC. The Labute approximate surface area is 153 Å². The summed E-state index contributed by atoms with van der Waals surface area (Å²) in [4.78, 5) is 28.7. The zero-order valence-corrected chi connectivity index (χ0v) is 15.8. The maximum absolute atomic E-state index is 12.5. The maximum atomic E-state index is 12.5. The number of aliphatic imine (C=N–C) groups is 1. The minimum atomic E-state index is -0.618. The molecule has 26 heavy (non-hydrogen) atoms. The molecule has 0 spiro atoms. The Balaban J connectivity index is 2.16. The highest BCUT2D eigenvalue weighted by Crippen LogP contribution is 2.30. The first-order chi connectivity index (χ1) is 12.5. The van der Waals surface area contributed by atoms with Gasteiger partial charge in [-0.25, -0.2) is 4.79 Å². The molecule has 0 atom stereocenters. The number of Topliss-reactive ketones (excluding diaryl/α,β-unsaturated/α-hetero) is 1. The molecule has 0 saturated carbocycles. The van der Waals surface area contributed by atoms with Crippen molar-refractivity contribution in [3.05, 3.63) is 35.0 Å². The summed E-state index contributed by atoms with van der Waals surface area (Å²) in [5.41, 5.74) is 1.61. The van der Waals surface area contributed by atoms with Crippen LogP contribution in [0.5, 0.6) is 11.5 Å². The molecule has 1 aliphatic rings. The Morgan fingerprint density at radius 3 is 2.50 bits per heavy atom. The number of ketones is 1. The van der Waals surface area contributed by atoms with Gasteiger partial charge in [0.25, 0.3) is 0 Å². The third kappa shape index (κ3) is 4.50. The molecule has 6 heteroatoms. The van der Waals surface area contributed by atoms with Gasteiger partial charge in [-0.3, -0.25) is 9.79 Å². The normalized spacial score (nSPS) is 13.7. The number of esters is 1. The van der Waals surface area contributed by atoms with E-state index in [9.17, 15) is 9.59 Å². The lowest BCUT2D eigenvalue weighted by Gasteiger charge is -2.13. The van der Waals surface area contributed by atoms with Gasteiger partial charge in [-0.1, -0.05) is 13.0 Å². The van der Waals surface area contributed by atoms with Crippen LogP contribution in [0.2, 0.25) is 0 Å². The van der Waals surface area contributed by atoms with E-state index in [0.717, 1.165) is 12.0 Å². The molecule has 0 amide bonds. The third-order valence-electron chi connectivity index (χ3n) is 3.77. The summed E-state index contributed by atoms with van der Waals surface area (Å²) < 4.78 is 16.3. The van der Waals surface area contributed by atoms with Crippen LogP contribution in [-0.4, -0.2) is 37.3 Å².